The molecule has 0 aliphatic carbocycles. The fraction of sp³-hybridized carbons (Fsp3) is 0.522. The van der Waals surface area contributed by atoms with Gasteiger partial charge in [0.05, 0.1) is 35.6 Å². The molecule has 0 spiro atoms. The van der Waals surface area contributed by atoms with Gasteiger partial charge in [0.1, 0.15) is 11.4 Å². The van der Waals surface area contributed by atoms with E-state index in [4.69, 9.17) is 16.3 Å². The Morgan fingerprint density at radius 1 is 1.12 bits per heavy atom. The summed E-state index contributed by atoms with van der Waals surface area (Å²) in [6.45, 7) is 4.86. The summed E-state index contributed by atoms with van der Waals surface area (Å²) in [5.74, 6) is 2.01. The normalized spacial score (nSPS) is 24.3. The molecule has 2 aromatic heterocycles. The Balaban J connectivity index is 1.25. The lowest BCUT2D eigenvalue weighted by Crippen LogP contribution is -2.46. The summed E-state index contributed by atoms with van der Waals surface area (Å²) in [5, 5.41) is 0.544. The summed E-state index contributed by atoms with van der Waals surface area (Å²) in [6, 6.07) is 2.12. The second kappa shape index (κ2) is 8.52. The Bertz CT molecular complexity index is 1180. The smallest absolute Gasteiger partial charge is 0.225 e. The van der Waals surface area contributed by atoms with Crippen LogP contribution < -0.4 is 9.64 Å². The van der Waals surface area contributed by atoms with E-state index in [2.05, 4.69) is 32.8 Å². The number of piperidine rings is 1. The fourth-order valence-corrected chi connectivity index (χ4v) is 5.99. The predicted molar refractivity (Wildman–Crippen MR) is 128 cm³/mol. The van der Waals surface area contributed by atoms with Gasteiger partial charge in [-0.05, 0) is 37.8 Å². The van der Waals surface area contributed by atoms with Crippen LogP contribution in [-0.2, 0) is 16.4 Å². The molecule has 2 aromatic rings. The predicted octanol–water partition coefficient (Wildman–Crippen LogP) is 3.18. The molecule has 3 aliphatic heterocycles. The second-order valence-corrected chi connectivity index (χ2v) is 11.8. The third-order valence-electron chi connectivity index (χ3n) is 7.05. The molecule has 1 saturated heterocycles. The quantitative estimate of drug-likeness (QED) is 0.651. The molecule has 0 radical (unpaired) electrons. The molecule has 10 heteroatoms. The molecule has 0 saturated carbocycles. The minimum Gasteiger partial charge on any atom is -0.485 e. The number of sulfonamides is 1. The van der Waals surface area contributed by atoms with Crippen molar-refractivity contribution in [1.82, 2.24) is 19.3 Å². The Labute approximate surface area is 199 Å². The second-order valence-electron chi connectivity index (χ2n) is 9.33. The molecule has 33 heavy (non-hydrogen) atoms. The first kappa shape index (κ1) is 22.6. The molecular weight excluding hydrogens is 462 g/mol. The Morgan fingerprint density at radius 3 is 2.48 bits per heavy atom. The first-order valence-corrected chi connectivity index (χ1v) is 13.5. The fourth-order valence-electron chi connectivity index (χ4n) is 5.13. The van der Waals surface area contributed by atoms with Crippen LogP contribution in [0, 0.1) is 5.92 Å². The lowest BCUT2D eigenvalue weighted by atomic mass is 9.79. The largest absolute Gasteiger partial charge is 0.485 e. The Kier molecular flexibility index (Phi) is 5.83. The van der Waals surface area contributed by atoms with Crippen LogP contribution >= 0.6 is 11.6 Å². The molecule has 1 atom stereocenters. The number of halogens is 1. The van der Waals surface area contributed by atoms with Gasteiger partial charge in [0, 0.05) is 44.1 Å². The van der Waals surface area contributed by atoms with E-state index in [9.17, 15) is 8.42 Å². The number of hydrogen-bond acceptors (Lipinski definition) is 7. The average Bonchev–Trinajstić information content (AvgIpc) is 3.16. The van der Waals surface area contributed by atoms with Gasteiger partial charge in [-0.1, -0.05) is 17.7 Å². The van der Waals surface area contributed by atoms with Crippen molar-refractivity contribution in [3.63, 3.8) is 0 Å². The van der Waals surface area contributed by atoms with E-state index >= 15 is 0 Å². The first-order chi connectivity index (χ1) is 15.7. The molecule has 5 rings (SSSR count). The van der Waals surface area contributed by atoms with Crippen molar-refractivity contribution in [2.75, 3.05) is 37.3 Å². The van der Waals surface area contributed by atoms with Gasteiger partial charge in [-0.25, -0.2) is 18.4 Å². The lowest BCUT2D eigenvalue weighted by molar-refractivity contribution is 0.0347. The van der Waals surface area contributed by atoms with Gasteiger partial charge in [-0.3, -0.25) is 4.98 Å². The van der Waals surface area contributed by atoms with Crippen LogP contribution in [0.15, 0.2) is 30.7 Å². The van der Waals surface area contributed by atoms with E-state index in [1.54, 1.807) is 12.4 Å². The van der Waals surface area contributed by atoms with E-state index in [-0.39, 0.29) is 5.60 Å². The highest BCUT2D eigenvalue weighted by Crippen LogP contribution is 2.43. The maximum absolute atomic E-state index is 11.8. The minimum absolute atomic E-state index is 0.260. The van der Waals surface area contributed by atoms with Gasteiger partial charge < -0.3 is 9.64 Å². The highest BCUT2D eigenvalue weighted by molar-refractivity contribution is 7.88. The van der Waals surface area contributed by atoms with Crippen LogP contribution in [0.5, 0.6) is 5.75 Å². The maximum atomic E-state index is 11.8. The lowest BCUT2D eigenvalue weighted by Gasteiger charge is -2.39. The average molecular weight is 490 g/mol. The molecule has 5 heterocycles. The summed E-state index contributed by atoms with van der Waals surface area (Å²) in [7, 11) is -3.16. The maximum Gasteiger partial charge on any atom is 0.225 e. The van der Waals surface area contributed by atoms with Crippen molar-refractivity contribution < 1.29 is 13.2 Å². The molecule has 3 aliphatic rings. The monoisotopic (exact) mass is 489 g/mol. The standard InChI is InChI=1S/C23H28ClN5O3S/c1-23(18-5-7-28(8-6-18)22-26-13-19(24)14-27-22)12-17-11-20(25-15-21(17)32-23)16-3-9-29(10-4-16)33(2,30)31/h3,11,13-15,18H,4-10,12H2,1-2H3. The van der Waals surface area contributed by atoms with Crippen LogP contribution in [-0.4, -0.2) is 65.7 Å². The summed E-state index contributed by atoms with van der Waals surface area (Å²) in [6.07, 6.45) is 11.9. The summed E-state index contributed by atoms with van der Waals surface area (Å²) in [4.78, 5) is 15.5. The number of ether oxygens (including phenoxy) is 1. The zero-order valence-corrected chi connectivity index (χ0v) is 20.4. The molecule has 0 amide bonds. The molecule has 8 nitrogen and oxygen atoms in total. The zero-order chi connectivity index (χ0) is 23.2. The number of rotatable bonds is 4. The molecular formula is C23H28ClN5O3S. The van der Waals surface area contributed by atoms with Crippen molar-refractivity contribution in [3.8, 4) is 5.75 Å². The van der Waals surface area contributed by atoms with Gasteiger partial charge in [-0.15, -0.1) is 0 Å². The number of nitrogens with zero attached hydrogens (tertiary/aromatic N) is 5. The van der Waals surface area contributed by atoms with E-state index in [0.29, 0.717) is 30.5 Å². The van der Waals surface area contributed by atoms with E-state index in [0.717, 1.165) is 55.3 Å². The van der Waals surface area contributed by atoms with Crippen molar-refractivity contribution in [2.45, 2.75) is 38.2 Å². The van der Waals surface area contributed by atoms with Crippen LogP contribution in [0.2, 0.25) is 5.02 Å². The van der Waals surface area contributed by atoms with Gasteiger partial charge in [-0.2, -0.15) is 4.31 Å². The highest BCUT2D eigenvalue weighted by Gasteiger charge is 2.43. The number of pyridine rings is 1. The molecule has 0 aromatic carbocycles. The van der Waals surface area contributed by atoms with Crippen LogP contribution in [0.25, 0.3) is 5.57 Å². The number of hydrogen-bond donors (Lipinski definition) is 0. The van der Waals surface area contributed by atoms with Crippen LogP contribution in [0.1, 0.15) is 37.4 Å². The van der Waals surface area contributed by atoms with Gasteiger partial charge in [0.25, 0.3) is 0 Å². The molecule has 0 bridgehead atoms. The van der Waals surface area contributed by atoms with Crippen molar-refractivity contribution >= 4 is 33.1 Å². The summed E-state index contributed by atoms with van der Waals surface area (Å²) in [5.41, 5.74) is 2.94. The minimum atomic E-state index is -3.16. The van der Waals surface area contributed by atoms with Crippen molar-refractivity contribution in [2.24, 2.45) is 5.92 Å². The molecule has 0 N–H and O–H groups in total. The van der Waals surface area contributed by atoms with Gasteiger partial charge >= 0.3 is 0 Å². The van der Waals surface area contributed by atoms with Gasteiger partial charge in [0.2, 0.25) is 16.0 Å². The summed E-state index contributed by atoms with van der Waals surface area (Å²) < 4.78 is 31.5. The van der Waals surface area contributed by atoms with Crippen molar-refractivity contribution in [1.29, 1.82) is 0 Å². The molecule has 1 unspecified atom stereocenters. The van der Waals surface area contributed by atoms with Crippen molar-refractivity contribution in [3.05, 3.63) is 47.0 Å². The van der Waals surface area contributed by atoms with Crippen LogP contribution in [0.3, 0.4) is 0 Å². The van der Waals surface area contributed by atoms with E-state index in [1.807, 2.05) is 12.3 Å². The highest BCUT2D eigenvalue weighted by atomic mass is 35.5. The van der Waals surface area contributed by atoms with E-state index < -0.39 is 10.0 Å². The first-order valence-electron chi connectivity index (χ1n) is 11.3. The van der Waals surface area contributed by atoms with E-state index in [1.165, 1.54) is 16.1 Å². The third kappa shape index (κ3) is 4.58. The third-order valence-corrected chi connectivity index (χ3v) is 8.52. The molecule has 176 valence electrons. The topological polar surface area (TPSA) is 88.5 Å². The van der Waals surface area contributed by atoms with Gasteiger partial charge in [0.15, 0.2) is 0 Å². The Morgan fingerprint density at radius 2 is 1.85 bits per heavy atom. The number of fused-ring (bicyclic) bond motifs is 1. The van der Waals surface area contributed by atoms with Crippen LogP contribution in [0.4, 0.5) is 5.95 Å². The zero-order valence-electron chi connectivity index (χ0n) is 18.9. The Hall–Kier alpha value is -2.23. The number of aromatic nitrogens is 3. The SMILES string of the molecule is CC1(C2CCN(c3ncc(Cl)cn3)CC2)Cc2cc(C3=CCN(S(C)(=O)=O)CC3)ncc2O1. The number of anilines is 1. The summed E-state index contributed by atoms with van der Waals surface area (Å²) >= 11 is 5.91. The molecule has 1 fully saturated rings.